The SMILES string of the molecule is C[C@H](NCC(=O)Nc1cc(Cl)ccc1[N+](=O)[O-])c1ccco1. The van der Waals surface area contributed by atoms with E-state index < -0.39 is 10.8 Å². The molecule has 1 heterocycles. The van der Waals surface area contributed by atoms with Crippen molar-refractivity contribution in [1.82, 2.24) is 5.32 Å². The standard InChI is InChI=1S/C14H14ClN3O4/c1-9(13-3-2-6-22-13)16-8-14(19)17-11-7-10(15)4-5-12(11)18(20)21/h2-7,9,16H,8H2,1H3,(H,17,19)/t9-/m0/s1. The maximum atomic E-state index is 11.9. The minimum Gasteiger partial charge on any atom is -0.468 e. The molecular formula is C14H14ClN3O4. The van der Waals surface area contributed by atoms with Gasteiger partial charge in [-0.2, -0.15) is 0 Å². The number of rotatable bonds is 6. The number of amides is 1. The Bertz CT molecular complexity index is 673. The lowest BCUT2D eigenvalue weighted by Gasteiger charge is -2.11. The zero-order valence-electron chi connectivity index (χ0n) is 11.7. The van der Waals surface area contributed by atoms with E-state index in [0.717, 1.165) is 0 Å². The van der Waals surface area contributed by atoms with Gasteiger partial charge in [0.25, 0.3) is 5.69 Å². The predicted molar refractivity (Wildman–Crippen MR) is 81.9 cm³/mol. The molecule has 0 unspecified atom stereocenters. The van der Waals surface area contributed by atoms with Gasteiger partial charge < -0.3 is 9.73 Å². The minimum absolute atomic E-state index is 0.0223. The van der Waals surface area contributed by atoms with E-state index >= 15 is 0 Å². The monoisotopic (exact) mass is 323 g/mol. The molecule has 0 aliphatic heterocycles. The summed E-state index contributed by atoms with van der Waals surface area (Å²) in [6, 6.07) is 7.37. The molecule has 1 aromatic carbocycles. The summed E-state index contributed by atoms with van der Waals surface area (Å²) >= 11 is 5.80. The zero-order valence-corrected chi connectivity index (χ0v) is 12.5. The fraction of sp³-hybridized carbons (Fsp3) is 0.214. The fourth-order valence-electron chi connectivity index (χ4n) is 1.85. The number of furan rings is 1. The molecule has 0 aliphatic carbocycles. The van der Waals surface area contributed by atoms with Crippen LogP contribution in [0.15, 0.2) is 41.0 Å². The molecule has 0 saturated heterocycles. The first-order chi connectivity index (χ1) is 10.5. The van der Waals surface area contributed by atoms with Crippen LogP contribution >= 0.6 is 11.6 Å². The molecule has 2 aromatic rings. The van der Waals surface area contributed by atoms with Gasteiger partial charge in [0.2, 0.25) is 5.91 Å². The van der Waals surface area contributed by atoms with Crippen molar-refractivity contribution in [3.05, 3.63) is 57.5 Å². The second-order valence-electron chi connectivity index (χ2n) is 4.58. The van der Waals surface area contributed by atoms with Crippen molar-refractivity contribution in [3.8, 4) is 0 Å². The number of carbonyl (C=O) groups excluding carboxylic acids is 1. The van der Waals surface area contributed by atoms with Gasteiger partial charge >= 0.3 is 0 Å². The van der Waals surface area contributed by atoms with Crippen LogP contribution in [0, 0.1) is 10.1 Å². The molecule has 22 heavy (non-hydrogen) atoms. The molecule has 2 N–H and O–H groups in total. The van der Waals surface area contributed by atoms with E-state index in [0.29, 0.717) is 10.8 Å². The number of carbonyl (C=O) groups is 1. The third-order valence-electron chi connectivity index (χ3n) is 2.97. The summed E-state index contributed by atoms with van der Waals surface area (Å²) in [7, 11) is 0. The van der Waals surface area contributed by atoms with Crippen molar-refractivity contribution in [2.24, 2.45) is 0 Å². The molecular weight excluding hydrogens is 310 g/mol. The highest BCUT2D eigenvalue weighted by Gasteiger charge is 2.17. The number of nitrogens with one attached hydrogen (secondary N) is 2. The Morgan fingerprint density at radius 1 is 1.45 bits per heavy atom. The molecule has 1 aromatic heterocycles. The summed E-state index contributed by atoms with van der Waals surface area (Å²) in [5, 5.41) is 16.7. The summed E-state index contributed by atoms with van der Waals surface area (Å²) in [5.41, 5.74) is -0.146. The third kappa shape index (κ3) is 4.06. The molecule has 0 aliphatic rings. The Hall–Kier alpha value is -2.38. The maximum Gasteiger partial charge on any atom is 0.292 e. The number of hydrogen-bond acceptors (Lipinski definition) is 5. The van der Waals surface area contributed by atoms with Gasteiger partial charge in [0.05, 0.1) is 23.8 Å². The van der Waals surface area contributed by atoms with Crippen molar-refractivity contribution in [2.45, 2.75) is 13.0 Å². The lowest BCUT2D eigenvalue weighted by Crippen LogP contribution is -2.30. The highest BCUT2D eigenvalue weighted by atomic mass is 35.5. The van der Waals surface area contributed by atoms with Crippen LogP contribution in [0.2, 0.25) is 5.02 Å². The number of hydrogen-bond donors (Lipinski definition) is 2. The van der Waals surface area contributed by atoms with Crippen LogP contribution in [0.25, 0.3) is 0 Å². The van der Waals surface area contributed by atoms with Crippen LogP contribution < -0.4 is 10.6 Å². The van der Waals surface area contributed by atoms with Gasteiger partial charge in [0.1, 0.15) is 11.4 Å². The van der Waals surface area contributed by atoms with Crippen molar-refractivity contribution in [2.75, 3.05) is 11.9 Å². The molecule has 1 amide bonds. The molecule has 7 nitrogen and oxygen atoms in total. The van der Waals surface area contributed by atoms with Gasteiger partial charge in [-0.3, -0.25) is 20.2 Å². The van der Waals surface area contributed by atoms with Crippen LogP contribution in [0.5, 0.6) is 0 Å². The van der Waals surface area contributed by atoms with E-state index in [1.54, 1.807) is 18.4 Å². The summed E-state index contributed by atoms with van der Waals surface area (Å²) in [5.74, 6) is 0.283. The molecule has 8 heteroatoms. The van der Waals surface area contributed by atoms with Crippen molar-refractivity contribution in [3.63, 3.8) is 0 Å². The topological polar surface area (TPSA) is 97.4 Å². The molecule has 2 rings (SSSR count). The van der Waals surface area contributed by atoms with Crippen LogP contribution in [0.4, 0.5) is 11.4 Å². The Kier molecular flexibility index (Phi) is 5.13. The van der Waals surface area contributed by atoms with E-state index in [1.807, 2.05) is 6.92 Å². The van der Waals surface area contributed by atoms with Gasteiger partial charge in [-0.05, 0) is 31.2 Å². The van der Waals surface area contributed by atoms with Crippen LogP contribution in [0.1, 0.15) is 18.7 Å². The lowest BCUT2D eigenvalue weighted by atomic mass is 10.2. The van der Waals surface area contributed by atoms with Crippen molar-refractivity contribution < 1.29 is 14.1 Å². The molecule has 0 spiro atoms. The Labute approximate surface area is 131 Å². The molecule has 116 valence electrons. The average molecular weight is 324 g/mol. The van der Waals surface area contributed by atoms with Crippen LogP contribution in [0.3, 0.4) is 0 Å². The first-order valence-electron chi connectivity index (χ1n) is 6.48. The predicted octanol–water partition coefficient (Wildman–Crippen LogP) is 3.13. The number of benzene rings is 1. The first-order valence-corrected chi connectivity index (χ1v) is 6.85. The Morgan fingerprint density at radius 3 is 2.86 bits per heavy atom. The van der Waals surface area contributed by atoms with Crippen molar-refractivity contribution >= 4 is 28.9 Å². The van der Waals surface area contributed by atoms with E-state index in [9.17, 15) is 14.9 Å². The van der Waals surface area contributed by atoms with Gasteiger partial charge in [-0.1, -0.05) is 11.6 Å². The smallest absolute Gasteiger partial charge is 0.292 e. The molecule has 1 atom stereocenters. The quantitative estimate of drug-likeness (QED) is 0.628. The van der Waals surface area contributed by atoms with Gasteiger partial charge in [-0.25, -0.2) is 0 Å². The summed E-state index contributed by atoms with van der Waals surface area (Å²) in [6.45, 7) is 1.82. The molecule has 0 fully saturated rings. The molecule has 0 bridgehead atoms. The Morgan fingerprint density at radius 2 is 2.23 bits per heavy atom. The average Bonchev–Trinajstić information content (AvgIpc) is 2.98. The lowest BCUT2D eigenvalue weighted by molar-refractivity contribution is -0.383. The van der Waals surface area contributed by atoms with Crippen molar-refractivity contribution in [1.29, 1.82) is 0 Å². The van der Waals surface area contributed by atoms with E-state index in [4.69, 9.17) is 16.0 Å². The largest absolute Gasteiger partial charge is 0.468 e. The summed E-state index contributed by atoms with van der Waals surface area (Å²) < 4.78 is 5.21. The summed E-state index contributed by atoms with van der Waals surface area (Å²) in [6.07, 6.45) is 1.54. The summed E-state index contributed by atoms with van der Waals surface area (Å²) in [4.78, 5) is 22.2. The third-order valence-corrected chi connectivity index (χ3v) is 3.20. The normalized spacial score (nSPS) is 11.9. The van der Waals surface area contributed by atoms with E-state index in [2.05, 4.69) is 10.6 Å². The first kappa shape index (κ1) is 16.0. The fourth-order valence-corrected chi connectivity index (χ4v) is 2.02. The number of anilines is 1. The van der Waals surface area contributed by atoms with Crippen LogP contribution in [-0.4, -0.2) is 17.4 Å². The van der Waals surface area contributed by atoms with Gasteiger partial charge in [0.15, 0.2) is 0 Å². The van der Waals surface area contributed by atoms with E-state index in [1.165, 1.54) is 18.2 Å². The number of nitro groups is 1. The zero-order chi connectivity index (χ0) is 16.1. The minimum atomic E-state index is -0.579. The van der Waals surface area contributed by atoms with Gasteiger partial charge in [-0.15, -0.1) is 0 Å². The Balaban J connectivity index is 1.97. The molecule has 0 saturated carbocycles. The number of nitro benzene ring substituents is 1. The maximum absolute atomic E-state index is 11.9. The van der Waals surface area contributed by atoms with E-state index in [-0.39, 0.29) is 24.0 Å². The molecule has 0 radical (unpaired) electrons. The van der Waals surface area contributed by atoms with Crippen LogP contribution in [-0.2, 0) is 4.79 Å². The number of halogens is 1. The second kappa shape index (κ2) is 7.06. The highest BCUT2D eigenvalue weighted by Crippen LogP contribution is 2.27. The highest BCUT2D eigenvalue weighted by molar-refractivity contribution is 6.31. The number of nitrogens with zero attached hydrogens (tertiary/aromatic N) is 1. The van der Waals surface area contributed by atoms with Gasteiger partial charge in [0, 0.05) is 11.1 Å². The second-order valence-corrected chi connectivity index (χ2v) is 5.02.